The van der Waals surface area contributed by atoms with Gasteiger partial charge < -0.3 is 38.3 Å². The van der Waals surface area contributed by atoms with E-state index >= 15 is 17.6 Å². The SMILES string of the molecule is COCCn1c(Cc2cc(F)c(-c3cccc(OCc4cc(F)c(C(F)F)cc4F)n3)cc2F)nc2ccc(C(=O)O)cc21.COCCn1c(Cc2cc(F)c(-c3cccc(OCc4ccc(C(F)(F)F)s4)n3)cc2F)nc2ccc(C(=O)O)cc21. The third-order valence-electron chi connectivity index (χ3n) is 13.2. The first kappa shape index (κ1) is 61.3. The molecule has 0 atom stereocenters. The van der Waals surface area contributed by atoms with Gasteiger partial charge in [0.25, 0.3) is 6.43 Å². The van der Waals surface area contributed by atoms with Gasteiger partial charge in [-0.05, 0) is 108 Å². The number of carboxylic acids is 2. The number of hydrogen-bond donors (Lipinski definition) is 2. The number of benzene rings is 5. The second-order valence-electron chi connectivity index (χ2n) is 18.9. The molecule has 14 nitrogen and oxygen atoms in total. The van der Waals surface area contributed by atoms with Crippen molar-refractivity contribution in [1.82, 2.24) is 29.1 Å². The molecule has 0 aliphatic heterocycles. The Kier molecular flexibility index (Phi) is 18.8. The van der Waals surface area contributed by atoms with E-state index in [2.05, 4.69) is 19.9 Å². The van der Waals surface area contributed by atoms with Gasteiger partial charge in [-0.3, -0.25) is 0 Å². The molecule has 0 saturated carbocycles. The van der Waals surface area contributed by atoms with Crippen molar-refractivity contribution in [2.45, 2.75) is 51.7 Å². The Morgan fingerprint density at radius 2 is 1.01 bits per heavy atom. The molecule has 0 amide bonds. The van der Waals surface area contributed by atoms with Crippen molar-refractivity contribution in [3.8, 4) is 34.3 Å². The topological polar surface area (TPSA) is 173 Å². The Morgan fingerprint density at radius 3 is 1.45 bits per heavy atom. The largest absolute Gasteiger partial charge is 0.478 e. The van der Waals surface area contributed by atoms with Crippen LogP contribution in [0, 0.1) is 34.9 Å². The zero-order valence-corrected chi connectivity index (χ0v) is 45.7. The zero-order chi connectivity index (χ0) is 61.6. The van der Waals surface area contributed by atoms with Gasteiger partial charge >= 0.3 is 18.1 Å². The molecule has 10 aromatic rings. The summed E-state index contributed by atoms with van der Waals surface area (Å²) in [5.74, 6) is -6.99. The van der Waals surface area contributed by atoms with Crippen molar-refractivity contribution in [2.75, 3.05) is 27.4 Å². The van der Waals surface area contributed by atoms with Crippen molar-refractivity contribution in [2.24, 2.45) is 0 Å². The number of methoxy groups -OCH3 is 2. The highest BCUT2D eigenvalue weighted by Crippen LogP contribution is 2.36. The molecular weight excluding hydrogens is 1170 g/mol. The normalized spacial score (nSPS) is 11.6. The van der Waals surface area contributed by atoms with E-state index in [0.29, 0.717) is 68.6 Å². The Hall–Kier alpha value is -9.27. The standard InChI is InChI=1S/C31H23F6N3O4.C29H22F5N3O4S/c1-43-8-7-40-27-11-16(31(41)42)5-6-26(27)38-28(40)12-17-9-23(34)19(13-21(17)32)25-3-2-4-29(39-25)44-15-18-10-24(35)20(30(36)37)14-22(18)33;1-40-10-9-37-24-12-16(28(38)39)5-7-23(24)35-26(37)13-17-11-21(31)19(14-20(17)30)22-3-2-4-27(36-22)41-15-18-6-8-25(42-18)29(32,33)34/h2-6,9-11,13-14,30H,7-8,12,15H2,1H3,(H,41,42);2-8,11-12,14H,9-10,13,15H2,1H3,(H,38,39). The predicted octanol–water partition coefficient (Wildman–Crippen LogP) is 14.1. The van der Waals surface area contributed by atoms with Crippen LogP contribution in [-0.4, -0.2) is 78.7 Å². The first-order chi connectivity index (χ1) is 41.1. The summed E-state index contributed by atoms with van der Waals surface area (Å²) in [4.78, 5) is 39.9. The molecule has 446 valence electrons. The molecule has 2 N–H and O–H groups in total. The minimum Gasteiger partial charge on any atom is -0.478 e. The molecular formula is C60H45F11N6O8S. The highest BCUT2D eigenvalue weighted by atomic mass is 32.1. The number of hydrogen-bond acceptors (Lipinski definition) is 11. The van der Waals surface area contributed by atoms with Gasteiger partial charge in [0.05, 0.1) is 63.4 Å². The fourth-order valence-electron chi connectivity index (χ4n) is 9.00. The molecule has 0 unspecified atom stereocenters. The van der Waals surface area contributed by atoms with Crippen LogP contribution in [0.1, 0.15) is 70.8 Å². The van der Waals surface area contributed by atoms with Crippen LogP contribution >= 0.6 is 11.3 Å². The van der Waals surface area contributed by atoms with Gasteiger partial charge in [-0.1, -0.05) is 12.1 Å². The average Bonchev–Trinajstić information content (AvgIpc) is 1.93. The van der Waals surface area contributed by atoms with Crippen molar-refractivity contribution in [3.05, 3.63) is 211 Å². The van der Waals surface area contributed by atoms with E-state index in [4.69, 9.17) is 18.9 Å². The lowest BCUT2D eigenvalue weighted by molar-refractivity contribution is -0.134. The van der Waals surface area contributed by atoms with Gasteiger partial charge in [0.15, 0.2) is 0 Å². The second kappa shape index (κ2) is 26.3. The maximum atomic E-state index is 15.4. The summed E-state index contributed by atoms with van der Waals surface area (Å²) < 4.78 is 178. The van der Waals surface area contributed by atoms with Gasteiger partial charge in [-0.2, -0.15) is 13.2 Å². The molecule has 5 aromatic carbocycles. The summed E-state index contributed by atoms with van der Waals surface area (Å²) >= 11 is 0.547. The number of imidazole rings is 2. The molecule has 0 saturated heterocycles. The zero-order valence-electron chi connectivity index (χ0n) is 44.9. The van der Waals surface area contributed by atoms with Crippen LogP contribution in [0.25, 0.3) is 44.6 Å². The van der Waals surface area contributed by atoms with Crippen LogP contribution in [0.5, 0.6) is 11.8 Å². The van der Waals surface area contributed by atoms with Gasteiger partial charge in [0, 0.05) is 73.9 Å². The molecule has 0 spiro atoms. The summed E-state index contributed by atoms with van der Waals surface area (Å²) in [6, 6.07) is 24.7. The van der Waals surface area contributed by atoms with E-state index in [1.807, 2.05) is 0 Å². The number of aromatic carboxylic acids is 2. The minimum atomic E-state index is -4.45. The Morgan fingerprint density at radius 1 is 0.547 bits per heavy atom. The van der Waals surface area contributed by atoms with E-state index in [1.165, 1.54) is 87.0 Å². The van der Waals surface area contributed by atoms with E-state index < -0.39 is 76.5 Å². The number of fused-ring (bicyclic) bond motifs is 2. The summed E-state index contributed by atoms with van der Waals surface area (Å²) in [6.45, 7) is 0.413. The maximum absolute atomic E-state index is 15.4. The Labute approximate surface area is 484 Å². The van der Waals surface area contributed by atoms with E-state index in [9.17, 15) is 50.5 Å². The monoisotopic (exact) mass is 1220 g/mol. The molecule has 26 heteroatoms. The molecule has 10 rings (SSSR count). The first-order valence-electron chi connectivity index (χ1n) is 25.6. The molecule has 0 aliphatic carbocycles. The van der Waals surface area contributed by atoms with Crippen molar-refractivity contribution >= 4 is 45.3 Å². The van der Waals surface area contributed by atoms with Crippen LogP contribution < -0.4 is 9.47 Å². The number of alkyl halides is 5. The molecule has 0 bridgehead atoms. The smallest absolute Gasteiger partial charge is 0.425 e. The van der Waals surface area contributed by atoms with E-state index in [-0.39, 0.29) is 101 Å². The van der Waals surface area contributed by atoms with Gasteiger partial charge in [-0.15, -0.1) is 11.3 Å². The van der Waals surface area contributed by atoms with Crippen LogP contribution in [0.4, 0.5) is 48.3 Å². The third kappa shape index (κ3) is 14.1. The number of nitrogens with zero attached hydrogens (tertiary/aromatic N) is 6. The number of carboxylic acid groups (broad SMARTS) is 2. The minimum absolute atomic E-state index is 0.0151. The summed E-state index contributed by atoms with van der Waals surface area (Å²) in [6.07, 6.45) is -7.84. The average molecular weight is 1220 g/mol. The van der Waals surface area contributed by atoms with Crippen LogP contribution in [-0.2, 0) is 54.8 Å². The van der Waals surface area contributed by atoms with Crippen molar-refractivity contribution in [3.63, 3.8) is 0 Å². The maximum Gasteiger partial charge on any atom is 0.425 e. The fraction of sp³-hybridized carbons (Fsp3) is 0.200. The van der Waals surface area contributed by atoms with Gasteiger partial charge in [0.2, 0.25) is 11.8 Å². The number of ether oxygens (including phenoxy) is 4. The lowest BCUT2D eigenvalue weighted by atomic mass is 10.0. The lowest BCUT2D eigenvalue weighted by Crippen LogP contribution is -2.10. The number of aromatic nitrogens is 6. The molecule has 5 heterocycles. The molecule has 0 fully saturated rings. The third-order valence-corrected chi connectivity index (χ3v) is 14.3. The summed E-state index contributed by atoms with van der Waals surface area (Å²) in [5.41, 5.74) is 0.442. The van der Waals surface area contributed by atoms with E-state index in [1.54, 1.807) is 15.2 Å². The molecule has 86 heavy (non-hydrogen) atoms. The van der Waals surface area contributed by atoms with Crippen LogP contribution in [0.2, 0.25) is 0 Å². The second-order valence-corrected chi connectivity index (χ2v) is 20.1. The fourth-order valence-corrected chi connectivity index (χ4v) is 9.79. The molecule has 0 aliphatic rings. The van der Waals surface area contributed by atoms with Crippen LogP contribution in [0.3, 0.4) is 0 Å². The van der Waals surface area contributed by atoms with E-state index in [0.717, 1.165) is 30.3 Å². The van der Waals surface area contributed by atoms with Crippen molar-refractivity contribution in [1.29, 1.82) is 0 Å². The Balaban J connectivity index is 0.000000206. The van der Waals surface area contributed by atoms with Gasteiger partial charge in [0.1, 0.15) is 64.6 Å². The number of thiophene rings is 1. The number of rotatable bonds is 21. The van der Waals surface area contributed by atoms with Gasteiger partial charge in [-0.25, -0.2) is 64.6 Å². The highest BCUT2D eigenvalue weighted by Gasteiger charge is 2.32. The lowest BCUT2D eigenvalue weighted by Gasteiger charge is -2.12. The molecule has 0 radical (unpaired) electrons. The van der Waals surface area contributed by atoms with Crippen LogP contribution in [0.15, 0.2) is 121 Å². The Bertz CT molecular complexity index is 4150. The summed E-state index contributed by atoms with van der Waals surface area (Å²) in [7, 11) is 3.00. The first-order valence-corrected chi connectivity index (χ1v) is 26.4. The number of pyridine rings is 2. The molecule has 5 aromatic heterocycles. The quantitative estimate of drug-likeness (QED) is 0.0653. The number of carbonyl (C=O) groups is 2. The predicted molar refractivity (Wildman–Crippen MR) is 291 cm³/mol. The highest BCUT2D eigenvalue weighted by molar-refractivity contribution is 7.12. The number of halogens is 11. The summed E-state index contributed by atoms with van der Waals surface area (Å²) in [5, 5.41) is 18.7. The van der Waals surface area contributed by atoms with Crippen molar-refractivity contribution < 1.29 is 87.0 Å².